The average molecular weight is 532 g/mol. The summed E-state index contributed by atoms with van der Waals surface area (Å²) in [6, 6.07) is 9.11. The van der Waals surface area contributed by atoms with E-state index >= 15 is 0 Å². The van der Waals surface area contributed by atoms with Gasteiger partial charge in [-0.1, -0.05) is 6.07 Å². The molecule has 0 aliphatic carbocycles. The first-order valence-corrected chi connectivity index (χ1v) is 12.1. The van der Waals surface area contributed by atoms with E-state index in [-0.39, 0.29) is 48.1 Å². The molecule has 5 rings (SSSR count). The van der Waals surface area contributed by atoms with E-state index in [9.17, 15) is 24.6 Å². The van der Waals surface area contributed by atoms with Crippen molar-refractivity contribution in [2.75, 3.05) is 13.7 Å². The number of ether oxygens (including phenoxy) is 1. The minimum absolute atomic E-state index is 0.0777. The number of hydrogen-bond acceptors (Lipinski definition) is 9. The van der Waals surface area contributed by atoms with Crippen molar-refractivity contribution in [1.29, 1.82) is 0 Å². The van der Waals surface area contributed by atoms with Gasteiger partial charge in [-0.15, -0.1) is 0 Å². The minimum atomic E-state index is -0.863. The summed E-state index contributed by atoms with van der Waals surface area (Å²) in [5, 5.41) is 27.8. The van der Waals surface area contributed by atoms with E-state index in [0.717, 1.165) is 6.07 Å². The molecule has 0 saturated heterocycles. The van der Waals surface area contributed by atoms with Crippen LogP contribution < -0.4 is 21.0 Å². The Balaban J connectivity index is 1.36. The zero-order valence-electron chi connectivity index (χ0n) is 21.1. The topological polar surface area (TPSA) is 161 Å². The largest absolute Gasteiger partial charge is 0.504 e. The maximum absolute atomic E-state index is 13.0. The molecule has 1 unspecified atom stereocenters. The van der Waals surface area contributed by atoms with Gasteiger partial charge in [-0.2, -0.15) is 5.10 Å². The second-order valence-electron chi connectivity index (χ2n) is 8.94. The van der Waals surface area contributed by atoms with Crippen LogP contribution in [-0.4, -0.2) is 48.9 Å². The Labute approximate surface area is 220 Å². The number of aromatic hydroxyl groups is 2. The van der Waals surface area contributed by atoms with Gasteiger partial charge in [0, 0.05) is 44.0 Å². The van der Waals surface area contributed by atoms with Crippen molar-refractivity contribution < 1.29 is 24.2 Å². The molecule has 39 heavy (non-hydrogen) atoms. The molecule has 0 radical (unpaired) electrons. The summed E-state index contributed by atoms with van der Waals surface area (Å²) in [5.74, 6) is -1.64. The number of carbonyl (C=O) groups excluding carboxylic acids is 1. The molecule has 12 nitrogen and oxygen atoms in total. The Bertz CT molecular complexity index is 1820. The summed E-state index contributed by atoms with van der Waals surface area (Å²) in [6.45, 7) is 1.89. The third-order valence-corrected chi connectivity index (χ3v) is 6.42. The number of phenols is 1. The molecule has 0 saturated carbocycles. The molecule has 1 atom stereocenters. The van der Waals surface area contributed by atoms with Gasteiger partial charge in [-0.05, 0) is 30.7 Å². The standard InChI is InChI=1S/C27H25N5O7/c1-15-11-21(34)25(36)26(39-15)17(16-3-4-20(33)22(12-16)38-2)13-24(35)28-8-10-31-9-6-19-18(27(31)37)14-29-23-5-7-30-32(19)23/h3-7,9,11-12,14,17,33,36H,8,10,13H2,1-2H3,(H,28,35). The molecule has 1 amide bonds. The van der Waals surface area contributed by atoms with Gasteiger partial charge in [-0.25, -0.2) is 9.50 Å². The predicted octanol–water partition coefficient (Wildman–Crippen LogP) is 2.06. The molecule has 4 aromatic heterocycles. The molecule has 200 valence electrons. The number of nitrogens with zero attached hydrogens (tertiary/aromatic N) is 4. The number of pyridine rings is 1. The highest BCUT2D eigenvalue weighted by Gasteiger charge is 2.26. The summed E-state index contributed by atoms with van der Waals surface area (Å²) in [7, 11) is 1.38. The molecule has 5 aromatic rings. The lowest BCUT2D eigenvalue weighted by Crippen LogP contribution is -2.31. The molecule has 1 aromatic carbocycles. The van der Waals surface area contributed by atoms with Crippen LogP contribution in [0.3, 0.4) is 0 Å². The van der Waals surface area contributed by atoms with Crippen LogP contribution in [0.2, 0.25) is 0 Å². The number of carbonyl (C=O) groups is 1. The van der Waals surface area contributed by atoms with Gasteiger partial charge in [-0.3, -0.25) is 14.4 Å². The zero-order chi connectivity index (χ0) is 27.7. The summed E-state index contributed by atoms with van der Waals surface area (Å²) in [6.07, 6.45) is 4.54. The molecule has 3 N–H and O–H groups in total. The van der Waals surface area contributed by atoms with Gasteiger partial charge >= 0.3 is 0 Å². The van der Waals surface area contributed by atoms with Crippen LogP contribution in [0.1, 0.15) is 29.4 Å². The fourth-order valence-electron chi connectivity index (χ4n) is 4.48. The van der Waals surface area contributed by atoms with Crippen molar-refractivity contribution in [3.8, 4) is 17.2 Å². The third-order valence-electron chi connectivity index (χ3n) is 6.42. The van der Waals surface area contributed by atoms with Crippen LogP contribution in [0.4, 0.5) is 0 Å². The number of amides is 1. The van der Waals surface area contributed by atoms with Gasteiger partial charge in [0.05, 0.1) is 30.1 Å². The van der Waals surface area contributed by atoms with Gasteiger partial charge in [0.1, 0.15) is 5.76 Å². The number of fused-ring (bicyclic) bond motifs is 3. The van der Waals surface area contributed by atoms with Crippen LogP contribution in [0.25, 0.3) is 16.6 Å². The molecule has 0 aliphatic heterocycles. The van der Waals surface area contributed by atoms with E-state index in [1.54, 1.807) is 42.0 Å². The van der Waals surface area contributed by atoms with Gasteiger partial charge in [0.2, 0.25) is 17.1 Å². The molecule has 0 spiro atoms. The minimum Gasteiger partial charge on any atom is -0.504 e. The fourth-order valence-corrected chi connectivity index (χ4v) is 4.48. The van der Waals surface area contributed by atoms with E-state index in [4.69, 9.17) is 9.15 Å². The maximum atomic E-state index is 13.0. The van der Waals surface area contributed by atoms with Crippen molar-refractivity contribution in [2.45, 2.75) is 25.8 Å². The number of rotatable bonds is 8. The highest BCUT2D eigenvalue weighted by Crippen LogP contribution is 2.37. The van der Waals surface area contributed by atoms with E-state index in [1.807, 2.05) is 0 Å². The summed E-state index contributed by atoms with van der Waals surface area (Å²) in [4.78, 5) is 42.5. The Morgan fingerprint density at radius 1 is 1.18 bits per heavy atom. The van der Waals surface area contributed by atoms with Crippen molar-refractivity contribution >= 4 is 22.5 Å². The monoisotopic (exact) mass is 531 g/mol. The Hall–Kier alpha value is -5.13. The number of hydrogen-bond donors (Lipinski definition) is 3. The first-order chi connectivity index (χ1) is 18.8. The quantitative estimate of drug-likeness (QED) is 0.272. The predicted molar refractivity (Wildman–Crippen MR) is 140 cm³/mol. The molecular formula is C27H25N5O7. The Kier molecular flexibility index (Phi) is 6.75. The lowest BCUT2D eigenvalue weighted by molar-refractivity contribution is -0.121. The average Bonchev–Trinajstić information content (AvgIpc) is 3.40. The fraction of sp³-hybridized carbons (Fsp3) is 0.222. The highest BCUT2D eigenvalue weighted by atomic mass is 16.5. The lowest BCUT2D eigenvalue weighted by atomic mass is 9.91. The molecule has 0 fully saturated rings. The van der Waals surface area contributed by atoms with E-state index in [1.165, 1.54) is 30.0 Å². The smallest absolute Gasteiger partial charge is 0.261 e. The lowest BCUT2D eigenvalue weighted by Gasteiger charge is -2.19. The number of nitrogens with one attached hydrogen (secondary N) is 1. The van der Waals surface area contributed by atoms with Crippen molar-refractivity contribution in [3.05, 3.63) is 92.6 Å². The molecule has 12 heteroatoms. The van der Waals surface area contributed by atoms with Crippen molar-refractivity contribution in [1.82, 2.24) is 24.5 Å². The number of aryl methyl sites for hydroxylation is 1. The highest BCUT2D eigenvalue weighted by molar-refractivity contribution is 5.79. The third kappa shape index (κ3) is 4.91. The zero-order valence-corrected chi connectivity index (χ0v) is 21.1. The first kappa shape index (κ1) is 25.5. The van der Waals surface area contributed by atoms with Crippen LogP contribution in [0, 0.1) is 6.92 Å². The second-order valence-corrected chi connectivity index (χ2v) is 8.94. The van der Waals surface area contributed by atoms with Crippen LogP contribution in [0.5, 0.6) is 17.2 Å². The van der Waals surface area contributed by atoms with Crippen molar-refractivity contribution in [3.63, 3.8) is 0 Å². The number of methoxy groups -OCH3 is 1. The summed E-state index contributed by atoms with van der Waals surface area (Å²) >= 11 is 0. The maximum Gasteiger partial charge on any atom is 0.261 e. The SMILES string of the molecule is COc1cc(C(CC(=O)NCCn2ccc3c(cnc4ccnn43)c2=O)c2oc(C)cc(=O)c2O)ccc1O. The van der Waals surface area contributed by atoms with Crippen LogP contribution in [-0.2, 0) is 11.3 Å². The Morgan fingerprint density at radius 2 is 2.00 bits per heavy atom. The van der Waals surface area contributed by atoms with Crippen LogP contribution >= 0.6 is 0 Å². The van der Waals surface area contributed by atoms with E-state index < -0.39 is 23.0 Å². The molecular weight excluding hydrogens is 506 g/mol. The van der Waals surface area contributed by atoms with Gasteiger partial charge in [0.25, 0.3) is 5.56 Å². The van der Waals surface area contributed by atoms with E-state index in [0.29, 0.717) is 22.1 Å². The van der Waals surface area contributed by atoms with E-state index in [2.05, 4.69) is 15.4 Å². The van der Waals surface area contributed by atoms with Crippen molar-refractivity contribution in [2.24, 2.45) is 0 Å². The number of aromatic nitrogens is 4. The normalized spacial score (nSPS) is 12.1. The summed E-state index contributed by atoms with van der Waals surface area (Å²) in [5.41, 5.74) is 0.826. The Morgan fingerprint density at radius 3 is 2.79 bits per heavy atom. The summed E-state index contributed by atoms with van der Waals surface area (Å²) < 4.78 is 13.9. The van der Waals surface area contributed by atoms with Crippen LogP contribution in [0.15, 0.2) is 69.0 Å². The van der Waals surface area contributed by atoms with Gasteiger partial charge < -0.3 is 29.3 Å². The number of benzene rings is 1. The molecule has 4 heterocycles. The second kappa shape index (κ2) is 10.3. The van der Waals surface area contributed by atoms with Gasteiger partial charge in [0.15, 0.2) is 22.9 Å². The molecule has 0 bridgehead atoms. The molecule has 0 aliphatic rings. The number of phenolic OH excluding ortho intramolecular Hbond substituents is 1. The first-order valence-electron chi connectivity index (χ1n) is 12.1.